The van der Waals surface area contributed by atoms with Gasteiger partial charge >= 0.3 is 0 Å². The van der Waals surface area contributed by atoms with Crippen LogP contribution in [0, 0.1) is 0 Å². The van der Waals surface area contributed by atoms with Crippen LogP contribution in [0.4, 0.5) is 5.69 Å². The van der Waals surface area contributed by atoms with Crippen molar-refractivity contribution in [3.63, 3.8) is 0 Å². The third-order valence-corrected chi connectivity index (χ3v) is 5.70. The summed E-state index contributed by atoms with van der Waals surface area (Å²) >= 11 is 0. The molecule has 0 saturated carbocycles. The molecule has 2 heterocycles. The van der Waals surface area contributed by atoms with E-state index in [0.717, 1.165) is 18.4 Å². The van der Waals surface area contributed by atoms with Crippen molar-refractivity contribution in [2.75, 3.05) is 11.9 Å². The largest absolute Gasteiger partial charge is 0.377 e. The normalized spacial score (nSPS) is 23.0. The first-order valence-electron chi connectivity index (χ1n) is 7.52. The molecule has 1 fully saturated rings. The molecule has 2 aliphatic heterocycles. The van der Waals surface area contributed by atoms with E-state index in [-0.39, 0.29) is 22.9 Å². The number of hydrogen-bond donors (Lipinski definition) is 2. The first-order chi connectivity index (χ1) is 10.5. The van der Waals surface area contributed by atoms with Gasteiger partial charge in [0.15, 0.2) is 0 Å². The summed E-state index contributed by atoms with van der Waals surface area (Å²) in [6, 6.07) is 4.55. The van der Waals surface area contributed by atoms with Crippen molar-refractivity contribution in [3.05, 3.63) is 23.8 Å². The molecule has 0 unspecified atom stereocenters. The number of nitrogens with one attached hydrogen (secondary N) is 2. The van der Waals surface area contributed by atoms with Gasteiger partial charge in [-0.25, -0.2) is 13.1 Å². The summed E-state index contributed by atoms with van der Waals surface area (Å²) < 4.78 is 33.2. The summed E-state index contributed by atoms with van der Waals surface area (Å²) in [5.41, 5.74) is 1.55. The van der Waals surface area contributed by atoms with Crippen molar-refractivity contribution in [2.24, 2.45) is 0 Å². The minimum atomic E-state index is -3.59. The van der Waals surface area contributed by atoms with Crippen molar-refractivity contribution in [1.82, 2.24) is 4.72 Å². The maximum atomic E-state index is 12.5. The van der Waals surface area contributed by atoms with Gasteiger partial charge in [0.25, 0.3) is 0 Å². The Morgan fingerprint density at radius 2 is 2.18 bits per heavy atom. The average molecular weight is 324 g/mol. The van der Waals surface area contributed by atoms with E-state index in [9.17, 15) is 13.2 Å². The number of hydrogen-bond acceptors (Lipinski definition) is 4. The number of fused-ring (bicyclic) bond motifs is 1. The van der Waals surface area contributed by atoms with Gasteiger partial charge in [-0.1, -0.05) is 0 Å². The lowest BCUT2D eigenvalue weighted by molar-refractivity contribution is -0.116. The highest BCUT2D eigenvalue weighted by Gasteiger charge is 2.27. The van der Waals surface area contributed by atoms with Crippen LogP contribution in [0.2, 0.25) is 0 Å². The number of anilines is 1. The average Bonchev–Trinajstić information content (AvgIpc) is 3.00. The SMILES string of the molecule is C[C@H](NS(=O)(=O)c1ccc2c(c1)CCC(=O)N2)[C@@H]1CCCO1. The van der Waals surface area contributed by atoms with Gasteiger partial charge < -0.3 is 10.1 Å². The van der Waals surface area contributed by atoms with Crippen molar-refractivity contribution in [2.45, 2.75) is 49.6 Å². The van der Waals surface area contributed by atoms with Crippen molar-refractivity contribution >= 4 is 21.6 Å². The van der Waals surface area contributed by atoms with Gasteiger partial charge in [-0.15, -0.1) is 0 Å². The minimum Gasteiger partial charge on any atom is -0.377 e. The van der Waals surface area contributed by atoms with E-state index in [2.05, 4.69) is 10.0 Å². The monoisotopic (exact) mass is 324 g/mol. The van der Waals surface area contributed by atoms with Crippen LogP contribution < -0.4 is 10.0 Å². The number of carbonyl (C=O) groups is 1. The molecule has 1 amide bonds. The predicted molar refractivity (Wildman–Crippen MR) is 82.2 cm³/mol. The van der Waals surface area contributed by atoms with Crippen molar-refractivity contribution in [3.8, 4) is 0 Å². The number of rotatable bonds is 4. The van der Waals surface area contributed by atoms with Crippen LogP contribution in [-0.4, -0.2) is 33.1 Å². The topological polar surface area (TPSA) is 84.5 Å². The fraction of sp³-hybridized carbons (Fsp3) is 0.533. The van der Waals surface area contributed by atoms with E-state index in [0.29, 0.717) is 25.1 Å². The number of sulfonamides is 1. The highest BCUT2D eigenvalue weighted by molar-refractivity contribution is 7.89. The molecule has 7 heteroatoms. The predicted octanol–water partition coefficient (Wildman–Crippen LogP) is 1.42. The lowest BCUT2D eigenvalue weighted by atomic mass is 10.0. The molecule has 1 saturated heterocycles. The third-order valence-electron chi connectivity index (χ3n) is 4.15. The second-order valence-corrected chi connectivity index (χ2v) is 7.54. The van der Waals surface area contributed by atoms with Gasteiger partial charge in [0.2, 0.25) is 15.9 Å². The Kier molecular flexibility index (Phi) is 4.20. The summed E-state index contributed by atoms with van der Waals surface area (Å²) in [6.45, 7) is 2.52. The molecule has 0 aromatic heterocycles. The van der Waals surface area contributed by atoms with Crippen LogP contribution in [0.3, 0.4) is 0 Å². The third kappa shape index (κ3) is 3.16. The Labute approximate surface area is 130 Å². The molecule has 2 atom stereocenters. The smallest absolute Gasteiger partial charge is 0.240 e. The van der Waals surface area contributed by atoms with Gasteiger partial charge in [0.1, 0.15) is 0 Å². The van der Waals surface area contributed by atoms with E-state index in [1.165, 1.54) is 6.07 Å². The second kappa shape index (κ2) is 5.98. The molecule has 0 radical (unpaired) electrons. The Morgan fingerprint density at radius 3 is 2.91 bits per heavy atom. The maximum Gasteiger partial charge on any atom is 0.240 e. The number of amides is 1. The maximum absolute atomic E-state index is 12.5. The number of ether oxygens (including phenoxy) is 1. The highest BCUT2D eigenvalue weighted by Crippen LogP contribution is 2.26. The number of benzene rings is 1. The molecule has 1 aromatic rings. The van der Waals surface area contributed by atoms with Crippen LogP contribution in [0.1, 0.15) is 31.7 Å². The standard InChI is InChI=1S/C15H20N2O4S/c1-10(14-3-2-8-21-14)17-22(19,20)12-5-6-13-11(9-12)4-7-15(18)16-13/h5-6,9-10,14,17H,2-4,7-8H2,1H3,(H,16,18)/t10-,14-/m0/s1. The van der Waals surface area contributed by atoms with Gasteiger partial charge in [-0.3, -0.25) is 4.79 Å². The van der Waals surface area contributed by atoms with Crippen LogP contribution in [-0.2, 0) is 26.0 Å². The number of aryl methyl sites for hydroxylation is 1. The summed E-state index contributed by atoms with van der Waals surface area (Å²) in [7, 11) is -3.59. The molecule has 0 bridgehead atoms. The summed E-state index contributed by atoms with van der Waals surface area (Å²) in [5, 5.41) is 2.75. The molecule has 22 heavy (non-hydrogen) atoms. The van der Waals surface area contributed by atoms with E-state index in [1.54, 1.807) is 12.1 Å². The molecule has 0 aliphatic carbocycles. The molecule has 1 aromatic carbocycles. The van der Waals surface area contributed by atoms with E-state index in [4.69, 9.17) is 4.74 Å². The van der Waals surface area contributed by atoms with E-state index >= 15 is 0 Å². The zero-order chi connectivity index (χ0) is 15.7. The van der Waals surface area contributed by atoms with Crippen LogP contribution in [0.5, 0.6) is 0 Å². The first kappa shape index (κ1) is 15.5. The minimum absolute atomic E-state index is 0.0340. The summed E-state index contributed by atoms with van der Waals surface area (Å²) in [5.74, 6) is -0.0340. The van der Waals surface area contributed by atoms with E-state index < -0.39 is 10.0 Å². The van der Waals surface area contributed by atoms with Gasteiger partial charge in [-0.05, 0) is 49.9 Å². The Hall–Kier alpha value is -1.44. The lowest BCUT2D eigenvalue weighted by Crippen LogP contribution is -2.40. The molecule has 120 valence electrons. The number of carbonyl (C=O) groups excluding carboxylic acids is 1. The lowest BCUT2D eigenvalue weighted by Gasteiger charge is -2.21. The Morgan fingerprint density at radius 1 is 1.36 bits per heavy atom. The van der Waals surface area contributed by atoms with E-state index in [1.807, 2.05) is 6.92 Å². The Bertz CT molecular complexity index is 681. The van der Waals surface area contributed by atoms with Gasteiger partial charge in [0.05, 0.1) is 11.0 Å². The fourth-order valence-electron chi connectivity index (χ4n) is 2.91. The molecular formula is C15H20N2O4S. The first-order valence-corrected chi connectivity index (χ1v) is 9.01. The summed E-state index contributed by atoms with van der Waals surface area (Å²) in [4.78, 5) is 11.6. The van der Waals surface area contributed by atoms with Gasteiger partial charge in [-0.2, -0.15) is 0 Å². The molecule has 0 spiro atoms. The van der Waals surface area contributed by atoms with Crippen LogP contribution in [0.15, 0.2) is 23.1 Å². The quantitative estimate of drug-likeness (QED) is 0.877. The molecule has 6 nitrogen and oxygen atoms in total. The Balaban J connectivity index is 1.78. The summed E-state index contributed by atoms with van der Waals surface area (Å²) in [6.07, 6.45) is 2.73. The van der Waals surface area contributed by atoms with Crippen molar-refractivity contribution in [1.29, 1.82) is 0 Å². The zero-order valence-electron chi connectivity index (χ0n) is 12.5. The second-order valence-electron chi connectivity index (χ2n) is 5.83. The zero-order valence-corrected chi connectivity index (χ0v) is 13.3. The molecule has 2 N–H and O–H groups in total. The molecule has 2 aliphatic rings. The highest BCUT2D eigenvalue weighted by atomic mass is 32.2. The fourth-order valence-corrected chi connectivity index (χ4v) is 4.23. The van der Waals surface area contributed by atoms with Crippen molar-refractivity contribution < 1.29 is 17.9 Å². The van der Waals surface area contributed by atoms with Crippen LogP contribution in [0.25, 0.3) is 0 Å². The van der Waals surface area contributed by atoms with Crippen LogP contribution >= 0.6 is 0 Å². The molecule has 3 rings (SSSR count). The molecular weight excluding hydrogens is 304 g/mol. The van der Waals surface area contributed by atoms with Gasteiger partial charge in [0, 0.05) is 24.8 Å².